The fourth-order valence-corrected chi connectivity index (χ4v) is 2.30. The van der Waals surface area contributed by atoms with E-state index in [1.54, 1.807) is 6.20 Å². The van der Waals surface area contributed by atoms with Crippen LogP contribution >= 0.6 is 11.8 Å². The molecule has 2 aromatic rings. The number of aromatic nitrogens is 1. The average Bonchev–Trinajstić information content (AvgIpc) is 2.47. The van der Waals surface area contributed by atoms with Gasteiger partial charge in [-0.1, -0.05) is 6.07 Å². The van der Waals surface area contributed by atoms with Gasteiger partial charge in [-0.25, -0.2) is 0 Å². The Labute approximate surface area is 129 Å². The molecule has 0 saturated carbocycles. The summed E-state index contributed by atoms with van der Waals surface area (Å²) < 4.78 is 36.6. The maximum atomic E-state index is 12.2. The van der Waals surface area contributed by atoms with Crippen molar-refractivity contribution in [3.63, 3.8) is 0 Å². The van der Waals surface area contributed by atoms with Crippen molar-refractivity contribution in [2.24, 2.45) is 0 Å². The number of hydrogen-bond donors (Lipinski definition) is 1. The van der Waals surface area contributed by atoms with E-state index in [1.807, 2.05) is 18.2 Å². The Hall–Kier alpha value is -2.02. The monoisotopic (exact) mass is 326 g/mol. The zero-order valence-corrected chi connectivity index (χ0v) is 12.2. The van der Waals surface area contributed by atoms with Crippen molar-refractivity contribution < 1.29 is 18.0 Å². The van der Waals surface area contributed by atoms with Gasteiger partial charge in [-0.05, 0) is 48.2 Å². The van der Waals surface area contributed by atoms with Gasteiger partial charge in [-0.2, -0.15) is 13.2 Å². The first-order valence-electron chi connectivity index (χ1n) is 6.48. The van der Waals surface area contributed by atoms with Gasteiger partial charge < -0.3 is 5.32 Å². The van der Waals surface area contributed by atoms with Gasteiger partial charge in [0.05, 0.1) is 0 Å². The van der Waals surface area contributed by atoms with Crippen LogP contribution in [0.3, 0.4) is 0 Å². The van der Waals surface area contributed by atoms with E-state index in [9.17, 15) is 18.0 Å². The van der Waals surface area contributed by atoms with E-state index in [0.717, 1.165) is 5.69 Å². The quantitative estimate of drug-likeness (QED) is 0.853. The molecule has 22 heavy (non-hydrogen) atoms. The Morgan fingerprint density at radius 2 is 1.86 bits per heavy atom. The van der Waals surface area contributed by atoms with Crippen LogP contribution in [0.1, 0.15) is 16.1 Å². The van der Waals surface area contributed by atoms with Gasteiger partial charge in [0.2, 0.25) is 0 Å². The van der Waals surface area contributed by atoms with E-state index < -0.39 is 5.51 Å². The third kappa shape index (κ3) is 5.40. The van der Waals surface area contributed by atoms with Crippen LogP contribution in [0.2, 0.25) is 0 Å². The van der Waals surface area contributed by atoms with E-state index >= 15 is 0 Å². The molecule has 1 amide bonds. The summed E-state index contributed by atoms with van der Waals surface area (Å²) in [6.07, 6.45) is 2.27. The number of carbonyl (C=O) groups is 1. The summed E-state index contributed by atoms with van der Waals surface area (Å²) in [6, 6.07) is 10.9. The van der Waals surface area contributed by atoms with Gasteiger partial charge in [0.1, 0.15) is 0 Å². The normalized spacial score (nSPS) is 11.2. The molecule has 2 rings (SSSR count). The zero-order valence-electron chi connectivity index (χ0n) is 11.4. The van der Waals surface area contributed by atoms with Crippen molar-refractivity contribution in [1.82, 2.24) is 10.3 Å². The Morgan fingerprint density at radius 3 is 2.45 bits per heavy atom. The summed E-state index contributed by atoms with van der Waals surface area (Å²) in [5.74, 6) is -0.320. The number of pyridine rings is 1. The third-order valence-electron chi connectivity index (χ3n) is 2.74. The summed E-state index contributed by atoms with van der Waals surface area (Å²) >= 11 is -0.204. The molecule has 1 aromatic carbocycles. The minimum absolute atomic E-state index is 0.0533. The summed E-state index contributed by atoms with van der Waals surface area (Å²) in [7, 11) is 0. The smallest absolute Gasteiger partial charge is 0.352 e. The van der Waals surface area contributed by atoms with Crippen LogP contribution in [0.15, 0.2) is 53.6 Å². The summed E-state index contributed by atoms with van der Waals surface area (Å²) in [5, 5.41) is 2.71. The number of carbonyl (C=O) groups excluding carboxylic acids is 1. The predicted molar refractivity (Wildman–Crippen MR) is 78.6 cm³/mol. The Morgan fingerprint density at radius 1 is 1.14 bits per heavy atom. The highest BCUT2D eigenvalue weighted by molar-refractivity contribution is 8.00. The zero-order chi connectivity index (χ0) is 16.0. The average molecular weight is 326 g/mol. The van der Waals surface area contributed by atoms with Gasteiger partial charge in [0.25, 0.3) is 5.91 Å². The Kier molecular flexibility index (Phi) is 5.43. The van der Waals surface area contributed by atoms with Gasteiger partial charge in [-0.3, -0.25) is 9.78 Å². The largest absolute Gasteiger partial charge is 0.446 e. The molecular formula is C15H13F3N2OS. The van der Waals surface area contributed by atoms with Gasteiger partial charge in [0.15, 0.2) is 0 Å². The fraction of sp³-hybridized carbons (Fsp3) is 0.200. The van der Waals surface area contributed by atoms with Gasteiger partial charge in [0, 0.05) is 35.3 Å². The van der Waals surface area contributed by atoms with Crippen molar-refractivity contribution in [2.45, 2.75) is 16.8 Å². The molecule has 0 aliphatic rings. The number of rotatable bonds is 5. The summed E-state index contributed by atoms with van der Waals surface area (Å²) in [4.78, 5) is 16.1. The number of amides is 1. The van der Waals surface area contributed by atoms with Crippen LogP contribution in [-0.2, 0) is 6.42 Å². The molecule has 0 fully saturated rings. The molecular weight excluding hydrogens is 313 g/mol. The summed E-state index contributed by atoms with van der Waals surface area (Å²) in [6.45, 7) is 0.412. The highest BCUT2D eigenvalue weighted by atomic mass is 32.2. The third-order valence-corrected chi connectivity index (χ3v) is 3.48. The molecule has 0 bridgehead atoms. The molecule has 116 valence electrons. The van der Waals surface area contributed by atoms with E-state index in [-0.39, 0.29) is 22.6 Å². The molecule has 0 spiro atoms. The number of benzene rings is 1. The highest BCUT2D eigenvalue weighted by Crippen LogP contribution is 2.36. The van der Waals surface area contributed by atoms with Crippen molar-refractivity contribution in [3.8, 4) is 0 Å². The molecule has 0 saturated heterocycles. The van der Waals surface area contributed by atoms with Crippen LogP contribution in [-0.4, -0.2) is 22.9 Å². The standard InChI is InChI=1S/C15H13F3N2OS/c16-15(17,18)22-13-6-4-11(5-7-13)14(21)20-10-8-12-3-1-2-9-19-12/h1-7,9H,8,10H2,(H,20,21). The van der Waals surface area contributed by atoms with Crippen molar-refractivity contribution in [2.75, 3.05) is 6.54 Å². The highest BCUT2D eigenvalue weighted by Gasteiger charge is 2.29. The minimum atomic E-state index is -4.33. The second-order valence-corrected chi connectivity index (χ2v) is 5.54. The minimum Gasteiger partial charge on any atom is -0.352 e. The first-order chi connectivity index (χ1) is 10.4. The van der Waals surface area contributed by atoms with Crippen LogP contribution < -0.4 is 5.32 Å². The topological polar surface area (TPSA) is 42.0 Å². The van der Waals surface area contributed by atoms with Crippen LogP contribution in [0.25, 0.3) is 0 Å². The SMILES string of the molecule is O=C(NCCc1ccccn1)c1ccc(SC(F)(F)F)cc1. The molecule has 0 aliphatic heterocycles. The van der Waals surface area contributed by atoms with Crippen molar-refractivity contribution >= 4 is 17.7 Å². The molecule has 7 heteroatoms. The first kappa shape index (κ1) is 16.4. The van der Waals surface area contributed by atoms with Crippen LogP contribution in [0, 0.1) is 0 Å². The number of hydrogen-bond acceptors (Lipinski definition) is 3. The second kappa shape index (κ2) is 7.31. The number of halogens is 3. The van der Waals surface area contributed by atoms with Gasteiger partial charge in [-0.15, -0.1) is 0 Å². The number of thioether (sulfide) groups is 1. The first-order valence-corrected chi connectivity index (χ1v) is 7.29. The summed E-state index contributed by atoms with van der Waals surface area (Å²) in [5.41, 5.74) is -3.14. The fourth-order valence-electron chi connectivity index (χ4n) is 1.76. The molecule has 0 radical (unpaired) electrons. The lowest BCUT2D eigenvalue weighted by molar-refractivity contribution is -0.0328. The maximum Gasteiger partial charge on any atom is 0.446 e. The van der Waals surface area contributed by atoms with Crippen LogP contribution in [0.4, 0.5) is 13.2 Å². The van der Waals surface area contributed by atoms with E-state index in [2.05, 4.69) is 10.3 Å². The van der Waals surface area contributed by atoms with E-state index in [1.165, 1.54) is 24.3 Å². The Balaban J connectivity index is 1.85. The van der Waals surface area contributed by atoms with Crippen molar-refractivity contribution in [1.29, 1.82) is 0 Å². The number of nitrogens with one attached hydrogen (secondary N) is 1. The van der Waals surface area contributed by atoms with Crippen molar-refractivity contribution in [3.05, 3.63) is 59.9 Å². The molecule has 1 heterocycles. The molecule has 1 aromatic heterocycles. The predicted octanol–water partition coefficient (Wildman–Crippen LogP) is 3.67. The number of nitrogens with zero attached hydrogens (tertiary/aromatic N) is 1. The molecule has 3 nitrogen and oxygen atoms in total. The Bertz CT molecular complexity index is 615. The lowest BCUT2D eigenvalue weighted by Gasteiger charge is -2.07. The lowest BCUT2D eigenvalue weighted by Crippen LogP contribution is -2.25. The second-order valence-electron chi connectivity index (χ2n) is 4.40. The van der Waals surface area contributed by atoms with E-state index in [0.29, 0.717) is 18.5 Å². The lowest BCUT2D eigenvalue weighted by atomic mass is 10.2. The van der Waals surface area contributed by atoms with Crippen LogP contribution in [0.5, 0.6) is 0 Å². The number of alkyl halides is 3. The molecule has 1 N–H and O–H groups in total. The molecule has 0 aliphatic carbocycles. The molecule has 0 unspecified atom stereocenters. The van der Waals surface area contributed by atoms with Gasteiger partial charge >= 0.3 is 5.51 Å². The molecule has 0 atom stereocenters. The maximum absolute atomic E-state index is 12.2. The van der Waals surface area contributed by atoms with E-state index in [4.69, 9.17) is 0 Å².